The number of rotatable bonds is 6. The SMILES string of the molecule is CC(C)=CCC/C(C)=C/CC[C@H]1O[C@]2(C)CC[C@H]3C(C)(C)CCC[C@]3(C)[C@H]2CC[C@H]1O. The van der Waals surface area contributed by atoms with Crippen molar-refractivity contribution in [2.45, 2.75) is 137 Å². The highest BCUT2D eigenvalue weighted by atomic mass is 16.5. The number of hydrogen-bond donors (Lipinski definition) is 1. The molecule has 0 spiro atoms. The first-order valence-corrected chi connectivity index (χ1v) is 13.1. The first-order valence-electron chi connectivity index (χ1n) is 13.1. The van der Waals surface area contributed by atoms with Crippen LogP contribution in [-0.2, 0) is 4.74 Å². The first-order chi connectivity index (χ1) is 14.5. The number of fused-ring (bicyclic) bond motifs is 3. The van der Waals surface area contributed by atoms with Crippen molar-refractivity contribution in [3.63, 3.8) is 0 Å². The predicted octanol–water partition coefficient (Wildman–Crippen LogP) is 8.00. The summed E-state index contributed by atoms with van der Waals surface area (Å²) in [6.45, 7) is 16.5. The average Bonchev–Trinajstić information content (AvgIpc) is 2.78. The van der Waals surface area contributed by atoms with Gasteiger partial charge in [-0.3, -0.25) is 0 Å². The summed E-state index contributed by atoms with van der Waals surface area (Å²) in [5, 5.41) is 11.0. The van der Waals surface area contributed by atoms with Crippen LogP contribution >= 0.6 is 0 Å². The van der Waals surface area contributed by atoms with E-state index >= 15 is 0 Å². The third kappa shape index (κ3) is 5.49. The molecule has 0 amide bonds. The average molecular weight is 431 g/mol. The van der Waals surface area contributed by atoms with Crippen molar-refractivity contribution >= 4 is 0 Å². The molecule has 0 aromatic rings. The van der Waals surface area contributed by atoms with Crippen LogP contribution in [0.4, 0.5) is 0 Å². The van der Waals surface area contributed by atoms with E-state index < -0.39 is 0 Å². The minimum Gasteiger partial charge on any atom is -0.390 e. The van der Waals surface area contributed by atoms with E-state index in [0.29, 0.717) is 16.7 Å². The highest BCUT2D eigenvalue weighted by molar-refractivity contribution is 5.09. The van der Waals surface area contributed by atoms with E-state index in [1.54, 1.807) is 0 Å². The Kier molecular flexibility index (Phi) is 7.85. The zero-order valence-corrected chi connectivity index (χ0v) is 21.6. The Labute approximate surface area is 192 Å². The van der Waals surface area contributed by atoms with Crippen LogP contribution in [0.15, 0.2) is 23.3 Å². The molecule has 6 atom stereocenters. The normalized spacial score (nSPS) is 40.5. The molecule has 0 aromatic heterocycles. The maximum atomic E-state index is 11.0. The fourth-order valence-electron chi connectivity index (χ4n) is 7.77. The Morgan fingerprint density at radius 3 is 2.35 bits per heavy atom. The van der Waals surface area contributed by atoms with Crippen LogP contribution in [0.1, 0.15) is 119 Å². The second-order valence-electron chi connectivity index (χ2n) is 12.6. The lowest BCUT2D eigenvalue weighted by Gasteiger charge is -2.62. The zero-order chi connectivity index (χ0) is 22.9. The molecule has 0 bridgehead atoms. The van der Waals surface area contributed by atoms with Gasteiger partial charge in [-0.1, -0.05) is 50.5 Å². The van der Waals surface area contributed by atoms with Crippen LogP contribution in [0.25, 0.3) is 0 Å². The lowest BCUT2D eigenvalue weighted by Crippen LogP contribution is -2.58. The fraction of sp³-hybridized carbons (Fsp3) is 0.862. The second kappa shape index (κ2) is 9.72. The Bertz CT molecular complexity index is 670. The molecule has 2 nitrogen and oxygen atoms in total. The van der Waals surface area contributed by atoms with Gasteiger partial charge in [0.1, 0.15) is 0 Å². The van der Waals surface area contributed by atoms with Crippen molar-refractivity contribution in [1.29, 1.82) is 0 Å². The quantitative estimate of drug-likeness (QED) is 0.432. The maximum Gasteiger partial charge on any atom is 0.0844 e. The summed E-state index contributed by atoms with van der Waals surface area (Å²) in [5.74, 6) is 1.36. The molecule has 1 heterocycles. The van der Waals surface area contributed by atoms with E-state index in [1.165, 1.54) is 36.8 Å². The summed E-state index contributed by atoms with van der Waals surface area (Å²) in [5.41, 5.74) is 3.57. The summed E-state index contributed by atoms with van der Waals surface area (Å²) in [4.78, 5) is 0. The second-order valence-corrected chi connectivity index (χ2v) is 12.6. The minimum atomic E-state index is -0.319. The number of ether oxygens (including phenoxy) is 1. The van der Waals surface area contributed by atoms with E-state index in [1.807, 2.05) is 0 Å². The number of allylic oxidation sites excluding steroid dienone is 4. The molecule has 3 aliphatic rings. The molecule has 2 heteroatoms. The smallest absolute Gasteiger partial charge is 0.0844 e. The van der Waals surface area contributed by atoms with Crippen molar-refractivity contribution in [1.82, 2.24) is 0 Å². The van der Waals surface area contributed by atoms with E-state index in [-0.39, 0.29) is 17.8 Å². The fourth-order valence-corrected chi connectivity index (χ4v) is 7.77. The van der Waals surface area contributed by atoms with Crippen LogP contribution in [0.5, 0.6) is 0 Å². The molecule has 1 aliphatic heterocycles. The summed E-state index contributed by atoms with van der Waals surface area (Å²) >= 11 is 0. The van der Waals surface area contributed by atoms with E-state index in [4.69, 9.17) is 4.74 Å². The van der Waals surface area contributed by atoms with E-state index in [9.17, 15) is 5.11 Å². The molecule has 1 saturated heterocycles. The molecular formula is C29H50O2. The molecule has 0 unspecified atom stereocenters. The molecule has 0 aromatic carbocycles. The zero-order valence-electron chi connectivity index (χ0n) is 21.6. The summed E-state index contributed by atoms with van der Waals surface area (Å²) < 4.78 is 6.90. The lowest BCUT2D eigenvalue weighted by molar-refractivity contribution is -0.210. The standard InChI is InChI=1S/C29H50O2/c1-21(2)11-8-12-22(3)13-9-14-24-23(30)15-16-26-28(6)19-10-18-27(4,5)25(28)17-20-29(26,7)31-24/h11,13,23-26,30H,8-10,12,14-20H2,1-7H3/b22-13+/t23-,24-,25+,26-,28+,29-/m1/s1. The van der Waals surface area contributed by atoms with Crippen molar-refractivity contribution in [3.05, 3.63) is 23.3 Å². The molecule has 0 radical (unpaired) electrons. The maximum absolute atomic E-state index is 11.0. The highest BCUT2D eigenvalue weighted by Crippen LogP contribution is 2.64. The highest BCUT2D eigenvalue weighted by Gasteiger charge is 2.59. The van der Waals surface area contributed by atoms with Crippen molar-refractivity contribution in [2.24, 2.45) is 22.7 Å². The molecule has 3 fully saturated rings. The van der Waals surface area contributed by atoms with E-state index in [0.717, 1.165) is 50.9 Å². The van der Waals surface area contributed by atoms with Gasteiger partial charge in [0.05, 0.1) is 17.8 Å². The van der Waals surface area contributed by atoms with Gasteiger partial charge in [-0.2, -0.15) is 0 Å². The Morgan fingerprint density at radius 2 is 1.65 bits per heavy atom. The predicted molar refractivity (Wildman–Crippen MR) is 132 cm³/mol. The number of aliphatic hydroxyl groups is 1. The molecule has 1 N–H and O–H groups in total. The van der Waals surface area contributed by atoms with Crippen molar-refractivity contribution in [2.75, 3.05) is 0 Å². The monoisotopic (exact) mass is 430 g/mol. The van der Waals surface area contributed by atoms with Gasteiger partial charge in [-0.25, -0.2) is 0 Å². The number of aliphatic hydroxyl groups excluding tert-OH is 1. The lowest BCUT2D eigenvalue weighted by atomic mass is 9.45. The molecule has 2 saturated carbocycles. The Morgan fingerprint density at radius 1 is 0.903 bits per heavy atom. The van der Waals surface area contributed by atoms with Gasteiger partial charge in [0.2, 0.25) is 0 Å². The van der Waals surface area contributed by atoms with Crippen LogP contribution in [0.3, 0.4) is 0 Å². The minimum absolute atomic E-state index is 0.0198. The van der Waals surface area contributed by atoms with Gasteiger partial charge in [-0.15, -0.1) is 0 Å². The van der Waals surface area contributed by atoms with Gasteiger partial charge >= 0.3 is 0 Å². The number of hydrogen-bond acceptors (Lipinski definition) is 2. The third-order valence-electron chi connectivity index (χ3n) is 9.37. The van der Waals surface area contributed by atoms with Crippen molar-refractivity contribution in [3.8, 4) is 0 Å². The third-order valence-corrected chi connectivity index (χ3v) is 9.37. The summed E-state index contributed by atoms with van der Waals surface area (Å²) in [7, 11) is 0. The molecule has 3 rings (SSSR count). The Balaban J connectivity index is 1.67. The van der Waals surface area contributed by atoms with Gasteiger partial charge in [0.25, 0.3) is 0 Å². The van der Waals surface area contributed by atoms with Crippen LogP contribution in [0.2, 0.25) is 0 Å². The van der Waals surface area contributed by atoms with Crippen LogP contribution in [0, 0.1) is 22.7 Å². The largest absolute Gasteiger partial charge is 0.390 e. The van der Waals surface area contributed by atoms with Crippen LogP contribution < -0.4 is 0 Å². The van der Waals surface area contributed by atoms with Gasteiger partial charge in [0.15, 0.2) is 0 Å². The topological polar surface area (TPSA) is 29.5 Å². The van der Waals surface area contributed by atoms with Gasteiger partial charge in [-0.05, 0) is 115 Å². The van der Waals surface area contributed by atoms with Gasteiger partial charge in [0, 0.05) is 0 Å². The molecule has 2 aliphatic carbocycles. The summed E-state index contributed by atoms with van der Waals surface area (Å²) in [6.07, 6.45) is 17.1. The molecule has 31 heavy (non-hydrogen) atoms. The molecule has 178 valence electrons. The first kappa shape index (κ1) is 25.0. The van der Waals surface area contributed by atoms with E-state index in [2.05, 4.69) is 60.6 Å². The molecular weight excluding hydrogens is 380 g/mol. The van der Waals surface area contributed by atoms with Gasteiger partial charge < -0.3 is 9.84 Å². The van der Waals surface area contributed by atoms with Crippen molar-refractivity contribution < 1.29 is 9.84 Å². The Hall–Kier alpha value is -0.600. The van der Waals surface area contributed by atoms with Crippen LogP contribution in [-0.4, -0.2) is 22.9 Å². The summed E-state index contributed by atoms with van der Waals surface area (Å²) in [6, 6.07) is 0.